The maximum Gasteiger partial charge on any atom is 0.0934 e. The quantitative estimate of drug-likeness (QED) is 0.800. The summed E-state index contributed by atoms with van der Waals surface area (Å²) < 4.78 is 0.939. The first-order chi connectivity index (χ1) is 8.16. The number of unbranched alkanes of at least 4 members (excludes halogenated alkanes) is 1. The van der Waals surface area contributed by atoms with Crippen molar-refractivity contribution < 1.29 is 0 Å². The monoisotopic (exact) mass is 272 g/mol. The lowest BCUT2D eigenvalue weighted by molar-refractivity contribution is 0.387. The lowest BCUT2D eigenvalue weighted by Crippen LogP contribution is -2.21. The summed E-state index contributed by atoms with van der Waals surface area (Å²) in [5.74, 6) is 0. The lowest BCUT2D eigenvalue weighted by atomic mass is 10.1. The molecule has 17 heavy (non-hydrogen) atoms. The second-order valence-corrected chi connectivity index (χ2v) is 6.75. The van der Waals surface area contributed by atoms with Crippen LogP contribution in [0.15, 0.2) is 6.07 Å². The highest BCUT2D eigenvalue weighted by atomic mass is 35.5. The van der Waals surface area contributed by atoms with Crippen molar-refractivity contribution in [3.05, 3.63) is 20.8 Å². The first-order valence-corrected chi connectivity index (χ1v) is 7.52. The molecule has 4 heteroatoms. The number of fused-ring (bicyclic) bond motifs is 1. The first-order valence-electron chi connectivity index (χ1n) is 6.33. The van der Waals surface area contributed by atoms with Gasteiger partial charge in [-0.15, -0.1) is 11.3 Å². The first kappa shape index (κ1) is 13.3. The van der Waals surface area contributed by atoms with Gasteiger partial charge in [-0.25, -0.2) is 0 Å². The Balaban J connectivity index is 1.71. The standard InChI is InChI=1S/C13H21ClN2S/c1-16(2)8-4-3-7-15-11-5-6-12-10(11)9-13(14)17-12/h9,11,15H,3-8H2,1-2H3. The molecular formula is C13H21ClN2S. The van der Waals surface area contributed by atoms with E-state index in [-0.39, 0.29) is 0 Å². The van der Waals surface area contributed by atoms with Crippen LogP contribution in [-0.4, -0.2) is 32.1 Å². The Kier molecular flexibility index (Phi) is 4.86. The average molecular weight is 273 g/mol. The molecule has 96 valence electrons. The van der Waals surface area contributed by atoms with Crippen LogP contribution in [0.25, 0.3) is 0 Å². The van der Waals surface area contributed by atoms with Gasteiger partial charge in [0.05, 0.1) is 4.34 Å². The van der Waals surface area contributed by atoms with Crippen molar-refractivity contribution in [3.8, 4) is 0 Å². The van der Waals surface area contributed by atoms with E-state index in [2.05, 4.69) is 30.4 Å². The lowest BCUT2D eigenvalue weighted by Gasteiger charge is -2.13. The molecule has 0 saturated heterocycles. The Bertz CT molecular complexity index is 362. The van der Waals surface area contributed by atoms with Gasteiger partial charge in [-0.3, -0.25) is 0 Å². The summed E-state index contributed by atoms with van der Waals surface area (Å²) in [5, 5.41) is 3.65. The van der Waals surface area contributed by atoms with Crippen molar-refractivity contribution in [2.24, 2.45) is 0 Å². The number of aryl methyl sites for hydroxylation is 1. The number of halogens is 1. The number of hydrogen-bond donors (Lipinski definition) is 1. The Morgan fingerprint density at radius 3 is 3.06 bits per heavy atom. The van der Waals surface area contributed by atoms with E-state index in [1.807, 2.05) is 0 Å². The molecule has 0 aromatic carbocycles. The van der Waals surface area contributed by atoms with Crippen LogP contribution in [0.3, 0.4) is 0 Å². The largest absolute Gasteiger partial charge is 0.310 e. The highest BCUT2D eigenvalue weighted by molar-refractivity contribution is 7.16. The van der Waals surface area contributed by atoms with Crippen molar-refractivity contribution in [2.45, 2.75) is 31.7 Å². The molecule has 1 aromatic rings. The number of hydrogen-bond acceptors (Lipinski definition) is 3. The molecule has 0 saturated carbocycles. The maximum absolute atomic E-state index is 6.05. The number of thiophene rings is 1. The molecule has 0 radical (unpaired) electrons. The Morgan fingerprint density at radius 1 is 1.47 bits per heavy atom. The molecule has 1 aromatic heterocycles. The second kappa shape index (κ2) is 6.19. The van der Waals surface area contributed by atoms with Gasteiger partial charge >= 0.3 is 0 Å². The van der Waals surface area contributed by atoms with Crippen LogP contribution in [0.2, 0.25) is 4.34 Å². The van der Waals surface area contributed by atoms with Crippen LogP contribution in [0.5, 0.6) is 0 Å². The summed E-state index contributed by atoms with van der Waals surface area (Å²) in [4.78, 5) is 3.73. The zero-order chi connectivity index (χ0) is 12.3. The van der Waals surface area contributed by atoms with Crippen molar-refractivity contribution in [1.29, 1.82) is 0 Å². The van der Waals surface area contributed by atoms with Crippen LogP contribution in [0.4, 0.5) is 0 Å². The van der Waals surface area contributed by atoms with E-state index in [1.165, 1.54) is 42.7 Å². The van der Waals surface area contributed by atoms with Crippen molar-refractivity contribution >= 4 is 22.9 Å². The van der Waals surface area contributed by atoms with Gasteiger partial charge in [0.25, 0.3) is 0 Å². The van der Waals surface area contributed by atoms with Crippen LogP contribution in [0, 0.1) is 0 Å². The van der Waals surface area contributed by atoms with Gasteiger partial charge in [0, 0.05) is 10.9 Å². The summed E-state index contributed by atoms with van der Waals surface area (Å²) in [6, 6.07) is 2.69. The third kappa shape index (κ3) is 3.68. The van der Waals surface area contributed by atoms with E-state index in [0.29, 0.717) is 6.04 Å². The van der Waals surface area contributed by atoms with Gasteiger partial charge in [-0.2, -0.15) is 0 Å². The summed E-state index contributed by atoms with van der Waals surface area (Å²) in [7, 11) is 4.26. The molecule has 1 aliphatic carbocycles. The van der Waals surface area contributed by atoms with E-state index < -0.39 is 0 Å². The highest BCUT2D eigenvalue weighted by Crippen LogP contribution is 2.39. The number of nitrogens with zero attached hydrogens (tertiary/aromatic N) is 1. The predicted octanol–water partition coefficient (Wildman–Crippen LogP) is 3.32. The third-order valence-corrected chi connectivity index (χ3v) is 4.61. The van der Waals surface area contributed by atoms with Crippen molar-refractivity contribution in [1.82, 2.24) is 10.2 Å². The fourth-order valence-corrected chi connectivity index (χ4v) is 3.73. The van der Waals surface area contributed by atoms with Gasteiger partial charge in [0.2, 0.25) is 0 Å². The SMILES string of the molecule is CN(C)CCCCNC1CCc2sc(Cl)cc21. The van der Waals surface area contributed by atoms with Crippen LogP contribution in [0.1, 0.15) is 35.7 Å². The molecule has 0 fully saturated rings. The average Bonchev–Trinajstić information content (AvgIpc) is 2.77. The van der Waals surface area contributed by atoms with E-state index >= 15 is 0 Å². The fraction of sp³-hybridized carbons (Fsp3) is 0.692. The molecule has 0 bridgehead atoms. The molecule has 1 aliphatic rings. The summed E-state index contributed by atoms with van der Waals surface area (Å²) >= 11 is 7.79. The van der Waals surface area contributed by atoms with Crippen LogP contribution < -0.4 is 5.32 Å². The van der Waals surface area contributed by atoms with Gasteiger partial charge in [-0.05, 0) is 64.5 Å². The summed E-state index contributed by atoms with van der Waals surface area (Å²) in [5.41, 5.74) is 1.45. The molecule has 0 aliphatic heterocycles. The minimum atomic E-state index is 0.549. The Hall–Kier alpha value is -0.0900. The zero-order valence-electron chi connectivity index (χ0n) is 10.6. The summed E-state index contributed by atoms with van der Waals surface area (Å²) in [6.07, 6.45) is 4.96. The van der Waals surface area contributed by atoms with E-state index in [4.69, 9.17) is 11.6 Å². The van der Waals surface area contributed by atoms with Crippen molar-refractivity contribution in [2.75, 3.05) is 27.2 Å². The topological polar surface area (TPSA) is 15.3 Å². The van der Waals surface area contributed by atoms with Crippen LogP contribution >= 0.6 is 22.9 Å². The zero-order valence-corrected chi connectivity index (χ0v) is 12.2. The molecule has 0 spiro atoms. The predicted molar refractivity (Wildman–Crippen MR) is 76.2 cm³/mol. The Morgan fingerprint density at radius 2 is 2.29 bits per heavy atom. The number of nitrogens with one attached hydrogen (secondary N) is 1. The molecule has 1 atom stereocenters. The normalized spacial score (nSPS) is 18.9. The van der Waals surface area contributed by atoms with Gasteiger partial charge in [0.15, 0.2) is 0 Å². The van der Waals surface area contributed by atoms with E-state index in [1.54, 1.807) is 11.3 Å². The smallest absolute Gasteiger partial charge is 0.0934 e. The fourth-order valence-electron chi connectivity index (χ4n) is 2.37. The van der Waals surface area contributed by atoms with Gasteiger partial charge < -0.3 is 10.2 Å². The van der Waals surface area contributed by atoms with Gasteiger partial charge in [0.1, 0.15) is 0 Å². The molecular weight excluding hydrogens is 252 g/mol. The highest BCUT2D eigenvalue weighted by Gasteiger charge is 2.24. The Labute approximate surface area is 113 Å². The minimum absolute atomic E-state index is 0.549. The van der Waals surface area contributed by atoms with Gasteiger partial charge in [-0.1, -0.05) is 11.6 Å². The maximum atomic E-state index is 6.05. The minimum Gasteiger partial charge on any atom is -0.310 e. The van der Waals surface area contributed by atoms with Crippen molar-refractivity contribution in [3.63, 3.8) is 0 Å². The second-order valence-electron chi connectivity index (χ2n) is 4.98. The number of rotatable bonds is 6. The van der Waals surface area contributed by atoms with E-state index in [9.17, 15) is 0 Å². The molecule has 1 N–H and O–H groups in total. The van der Waals surface area contributed by atoms with E-state index in [0.717, 1.165) is 10.9 Å². The third-order valence-electron chi connectivity index (χ3n) is 3.27. The molecule has 1 heterocycles. The summed E-state index contributed by atoms with van der Waals surface area (Å²) in [6.45, 7) is 2.30. The molecule has 2 rings (SSSR count). The molecule has 1 unspecified atom stereocenters. The van der Waals surface area contributed by atoms with Crippen LogP contribution in [-0.2, 0) is 6.42 Å². The molecule has 2 nitrogen and oxygen atoms in total. The molecule has 0 amide bonds.